The molecule has 1 fully saturated rings. The van der Waals surface area contributed by atoms with E-state index < -0.39 is 0 Å². The van der Waals surface area contributed by atoms with Crippen LogP contribution in [0.5, 0.6) is 0 Å². The Bertz CT molecular complexity index is 783. The molecule has 4 rings (SSSR count). The van der Waals surface area contributed by atoms with E-state index in [-0.39, 0.29) is 0 Å². The Kier molecular flexibility index (Phi) is 5.00. The van der Waals surface area contributed by atoms with Crippen molar-refractivity contribution in [1.82, 2.24) is 4.90 Å². The van der Waals surface area contributed by atoms with Crippen molar-refractivity contribution in [2.24, 2.45) is 10.7 Å². The Hall–Kier alpha value is -1.85. The van der Waals surface area contributed by atoms with Gasteiger partial charge in [-0.1, -0.05) is 6.07 Å². The quantitative estimate of drug-likeness (QED) is 0.640. The van der Waals surface area contributed by atoms with Gasteiger partial charge in [0.25, 0.3) is 0 Å². The molecule has 0 bridgehead atoms. The molecule has 0 amide bonds. The van der Waals surface area contributed by atoms with Crippen LogP contribution < -0.4 is 10.6 Å². The third-order valence-electron chi connectivity index (χ3n) is 5.82. The molecule has 4 nitrogen and oxygen atoms in total. The fraction of sp³-hybridized carbons (Fsp3) is 0.476. The summed E-state index contributed by atoms with van der Waals surface area (Å²) in [5, 5.41) is 2.03. The molecular formula is C21H28N4S. The van der Waals surface area contributed by atoms with E-state index in [2.05, 4.69) is 47.0 Å². The Labute approximate surface area is 160 Å². The Morgan fingerprint density at radius 1 is 1.35 bits per heavy atom. The monoisotopic (exact) mass is 368 g/mol. The van der Waals surface area contributed by atoms with Gasteiger partial charge in [0.05, 0.1) is 10.6 Å². The second-order valence-electron chi connectivity index (χ2n) is 7.60. The molecule has 2 unspecified atom stereocenters. The first-order valence-electron chi connectivity index (χ1n) is 9.59. The van der Waals surface area contributed by atoms with Crippen molar-refractivity contribution >= 4 is 28.5 Å². The van der Waals surface area contributed by atoms with Gasteiger partial charge in [-0.05, 0) is 81.4 Å². The number of hydrogen-bond acceptors (Lipinski definition) is 4. The van der Waals surface area contributed by atoms with Crippen LogP contribution in [0.1, 0.15) is 36.6 Å². The van der Waals surface area contributed by atoms with Gasteiger partial charge < -0.3 is 15.5 Å². The highest BCUT2D eigenvalue weighted by Crippen LogP contribution is 2.35. The predicted molar refractivity (Wildman–Crippen MR) is 112 cm³/mol. The van der Waals surface area contributed by atoms with Crippen LogP contribution in [0.4, 0.5) is 11.4 Å². The number of hydrogen-bond donors (Lipinski definition) is 1. The second-order valence-corrected chi connectivity index (χ2v) is 8.55. The molecule has 0 saturated carbocycles. The average molecular weight is 369 g/mol. The molecule has 1 aromatic heterocycles. The van der Waals surface area contributed by atoms with Crippen LogP contribution >= 0.6 is 11.3 Å². The lowest BCUT2D eigenvalue weighted by atomic mass is 10.1. The van der Waals surface area contributed by atoms with Crippen molar-refractivity contribution in [1.29, 1.82) is 0 Å². The summed E-state index contributed by atoms with van der Waals surface area (Å²) in [6.45, 7) is 4.73. The van der Waals surface area contributed by atoms with Crippen molar-refractivity contribution < 1.29 is 0 Å². The molecular weight excluding hydrogens is 340 g/mol. The standard InChI is InChI=1S/C21H28N4S/c1-15-13-16-14-17(23-21(22)20-6-4-12-26-20)7-8-19(16)25(15)11-9-18-5-3-10-24(18)2/h4,6-8,12,14-15,18H,3,5,9-11,13H2,1-2H3,(H2,22,23). The van der Waals surface area contributed by atoms with Crippen LogP contribution in [0.3, 0.4) is 0 Å². The summed E-state index contributed by atoms with van der Waals surface area (Å²) in [5.74, 6) is 0.604. The minimum Gasteiger partial charge on any atom is -0.383 e. The fourth-order valence-electron chi connectivity index (χ4n) is 4.34. The number of thiophene rings is 1. The summed E-state index contributed by atoms with van der Waals surface area (Å²) in [7, 11) is 2.27. The molecule has 2 aromatic rings. The van der Waals surface area contributed by atoms with E-state index in [4.69, 9.17) is 5.73 Å². The van der Waals surface area contributed by atoms with Crippen molar-refractivity contribution in [3.8, 4) is 0 Å². The molecule has 2 atom stereocenters. The number of benzene rings is 1. The molecule has 0 aliphatic carbocycles. The summed E-state index contributed by atoms with van der Waals surface area (Å²) >= 11 is 1.63. The molecule has 2 N–H and O–H groups in total. The van der Waals surface area contributed by atoms with Crippen LogP contribution in [0.2, 0.25) is 0 Å². The Morgan fingerprint density at radius 3 is 2.96 bits per heavy atom. The predicted octanol–water partition coefficient (Wildman–Crippen LogP) is 4.02. The highest BCUT2D eigenvalue weighted by Gasteiger charge is 2.28. The number of anilines is 1. The number of amidine groups is 1. The Balaban J connectivity index is 1.48. The smallest absolute Gasteiger partial charge is 0.141 e. The highest BCUT2D eigenvalue weighted by atomic mass is 32.1. The summed E-state index contributed by atoms with van der Waals surface area (Å²) in [4.78, 5) is 10.8. The molecule has 1 saturated heterocycles. The molecule has 2 aliphatic rings. The van der Waals surface area contributed by atoms with Gasteiger partial charge in [0, 0.05) is 24.3 Å². The number of aliphatic imine (C=N–C) groups is 1. The first kappa shape index (κ1) is 17.6. The van der Waals surface area contributed by atoms with Crippen LogP contribution in [-0.2, 0) is 6.42 Å². The van der Waals surface area contributed by atoms with Crippen molar-refractivity contribution in [3.63, 3.8) is 0 Å². The molecule has 2 aliphatic heterocycles. The molecule has 0 radical (unpaired) electrons. The van der Waals surface area contributed by atoms with E-state index in [1.54, 1.807) is 11.3 Å². The maximum Gasteiger partial charge on any atom is 0.141 e. The van der Waals surface area contributed by atoms with Crippen molar-refractivity contribution in [2.75, 3.05) is 25.0 Å². The summed E-state index contributed by atoms with van der Waals surface area (Å²) in [5.41, 5.74) is 9.89. The minimum atomic E-state index is 0.561. The van der Waals surface area contributed by atoms with E-state index in [1.165, 1.54) is 37.1 Å². The van der Waals surface area contributed by atoms with E-state index in [0.29, 0.717) is 11.9 Å². The first-order chi connectivity index (χ1) is 12.6. The topological polar surface area (TPSA) is 44.9 Å². The summed E-state index contributed by atoms with van der Waals surface area (Å²) in [6.07, 6.45) is 5.05. The lowest BCUT2D eigenvalue weighted by Gasteiger charge is -2.28. The summed E-state index contributed by atoms with van der Waals surface area (Å²) < 4.78 is 0. The first-order valence-corrected chi connectivity index (χ1v) is 10.5. The number of nitrogens with zero attached hydrogens (tertiary/aromatic N) is 3. The number of rotatable bonds is 5. The zero-order valence-corrected chi connectivity index (χ0v) is 16.5. The van der Waals surface area contributed by atoms with E-state index in [1.807, 2.05) is 17.5 Å². The van der Waals surface area contributed by atoms with Crippen LogP contribution in [0.15, 0.2) is 40.7 Å². The van der Waals surface area contributed by atoms with Crippen molar-refractivity contribution in [2.45, 2.75) is 44.7 Å². The average Bonchev–Trinajstić information content (AvgIpc) is 3.33. The summed E-state index contributed by atoms with van der Waals surface area (Å²) in [6, 6.07) is 11.9. The van der Waals surface area contributed by atoms with Gasteiger partial charge in [0.1, 0.15) is 5.84 Å². The van der Waals surface area contributed by atoms with Gasteiger partial charge in [-0.15, -0.1) is 11.3 Å². The van der Waals surface area contributed by atoms with Gasteiger partial charge in [-0.25, -0.2) is 4.99 Å². The normalized spacial score (nSPS) is 23.6. The lowest BCUT2D eigenvalue weighted by molar-refractivity contribution is 0.296. The molecule has 1 aromatic carbocycles. The highest BCUT2D eigenvalue weighted by molar-refractivity contribution is 7.12. The number of nitrogens with two attached hydrogens (primary N) is 1. The maximum absolute atomic E-state index is 6.15. The minimum absolute atomic E-state index is 0.561. The van der Waals surface area contributed by atoms with Crippen LogP contribution in [-0.4, -0.2) is 43.0 Å². The van der Waals surface area contributed by atoms with Gasteiger partial charge >= 0.3 is 0 Å². The number of fused-ring (bicyclic) bond motifs is 1. The molecule has 0 spiro atoms. The Morgan fingerprint density at radius 2 is 2.23 bits per heavy atom. The molecule has 5 heteroatoms. The zero-order valence-electron chi connectivity index (χ0n) is 15.7. The van der Waals surface area contributed by atoms with E-state index in [0.717, 1.165) is 29.6 Å². The van der Waals surface area contributed by atoms with Crippen LogP contribution in [0.25, 0.3) is 0 Å². The third-order valence-corrected chi connectivity index (χ3v) is 6.71. The lowest BCUT2D eigenvalue weighted by Crippen LogP contribution is -2.35. The second kappa shape index (κ2) is 7.41. The third kappa shape index (κ3) is 3.51. The zero-order chi connectivity index (χ0) is 18.1. The number of likely N-dealkylation sites (tertiary alicyclic amines) is 1. The van der Waals surface area contributed by atoms with Gasteiger partial charge in [-0.2, -0.15) is 0 Å². The van der Waals surface area contributed by atoms with E-state index >= 15 is 0 Å². The molecule has 3 heterocycles. The SMILES string of the molecule is CC1Cc2cc(N=C(N)c3cccs3)ccc2N1CCC1CCCN1C. The van der Waals surface area contributed by atoms with E-state index in [9.17, 15) is 0 Å². The largest absolute Gasteiger partial charge is 0.383 e. The van der Waals surface area contributed by atoms with Gasteiger partial charge in [0.15, 0.2) is 0 Å². The van der Waals surface area contributed by atoms with Gasteiger partial charge in [-0.3, -0.25) is 0 Å². The fourth-order valence-corrected chi connectivity index (χ4v) is 4.97. The molecule has 138 valence electrons. The van der Waals surface area contributed by atoms with Crippen molar-refractivity contribution in [3.05, 3.63) is 46.2 Å². The van der Waals surface area contributed by atoms with Crippen LogP contribution in [0, 0.1) is 0 Å². The van der Waals surface area contributed by atoms with Gasteiger partial charge in [0.2, 0.25) is 0 Å². The molecule has 26 heavy (non-hydrogen) atoms. The maximum atomic E-state index is 6.15.